The van der Waals surface area contributed by atoms with E-state index < -0.39 is 0 Å². The summed E-state index contributed by atoms with van der Waals surface area (Å²) in [5.41, 5.74) is 2.40. The van der Waals surface area contributed by atoms with Gasteiger partial charge in [0.2, 0.25) is 5.91 Å². The lowest BCUT2D eigenvalue weighted by molar-refractivity contribution is -0.129. The van der Waals surface area contributed by atoms with Gasteiger partial charge in [-0.3, -0.25) is 9.69 Å². The molecular formula is C14H19ClN2O. The van der Waals surface area contributed by atoms with E-state index in [0.29, 0.717) is 6.42 Å². The SMILES string of the molecule is Cc1cc(Cl)cc(CN2CCC(=O)N(C)CC2)c1. The van der Waals surface area contributed by atoms with Gasteiger partial charge in [0.25, 0.3) is 0 Å². The summed E-state index contributed by atoms with van der Waals surface area (Å²) in [6, 6.07) is 6.12. The Bertz CT molecular complexity index is 427. The highest BCUT2D eigenvalue weighted by Crippen LogP contribution is 2.17. The molecule has 4 heteroatoms. The van der Waals surface area contributed by atoms with Gasteiger partial charge in [-0.15, -0.1) is 0 Å². The molecule has 1 amide bonds. The molecule has 0 aromatic heterocycles. The zero-order valence-corrected chi connectivity index (χ0v) is 11.7. The summed E-state index contributed by atoms with van der Waals surface area (Å²) in [5.74, 6) is 0.236. The fourth-order valence-electron chi connectivity index (χ4n) is 2.29. The zero-order valence-electron chi connectivity index (χ0n) is 10.9. The summed E-state index contributed by atoms with van der Waals surface area (Å²) in [7, 11) is 1.87. The Kier molecular flexibility index (Phi) is 4.25. The summed E-state index contributed by atoms with van der Waals surface area (Å²) >= 11 is 6.07. The van der Waals surface area contributed by atoms with E-state index in [4.69, 9.17) is 11.6 Å². The lowest BCUT2D eigenvalue weighted by atomic mass is 10.1. The second-order valence-corrected chi connectivity index (χ2v) is 5.41. The van der Waals surface area contributed by atoms with Crippen LogP contribution in [0.4, 0.5) is 0 Å². The molecule has 0 aliphatic carbocycles. The van der Waals surface area contributed by atoms with Gasteiger partial charge in [-0.2, -0.15) is 0 Å². The van der Waals surface area contributed by atoms with Crippen LogP contribution in [0.2, 0.25) is 5.02 Å². The third kappa shape index (κ3) is 3.47. The van der Waals surface area contributed by atoms with Crippen LogP contribution in [-0.2, 0) is 11.3 Å². The zero-order chi connectivity index (χ0) is 13.1. The Hall–Kier alpha value is -1.06. The molecule has 0 spiro atoms. The molecule has 1 heterocycles. The van der Waals surface area contributed by atoms with Crippen LogP contribution in [0.1, 0.15) is 17.5 Å². The van der Waals surface area contributed by atoms with Crippen molar-refractivity contribution in [1.82, 2.24) is 9.80 Å². The molecule has 0 radical (unpaired) electrons. The van der Waals surface area contributed by atoms with Gasteiger partial charge in [-0.05, 0) is 30.2 Å². The molecule has 0 saturated carbocycles. The first-order chi connectivity index (χ1) is 8.54. The molecule has 0 N–H and O–H groups in total. The van der Waals surface area contributed by atoms with Gasteiger partial charge in [0.1, 0.15) is 0 Å². The number of rotatable bonds is 2. The maximum atomic E-state index is 11.6. The smallest absolute Gasteiger partial charge is 0.223 e. The van der Waals surface area contributed by atoms with Crippen LogP contribution >= 0.6 is 11.6 Å². The summed E-state index contributed by atoms with van der Waals surface area (Å²) in [4.78, 5) is 15.7. The van der Waals surface area contributed by atoms with E-state index in [2.05, 4.69) is 17.9 Å². The van der Waals surface area contributed by atoms with Crippen LogP contribution in [0.3, 0.4) is 0 Å². The third-order valence-corrected chi connectivity index (χ3v) is 3.55. The summed E-state index contributed by atoms with van der Waals surface area (Å²) in [6.07, 6.45) is 0.607. The normalized spacial score (nSPS) is 17.9. The summed E-state index contributed by atoms with van der Waals surface area (Å²) in [6.45, 7) is 5.47. The molecular weight excluding hydrogens is 248 g/mol. The van der Waals surface area contributed by atoms with Crippen LogP contribution in [0, 0.1) is 6.92 Å². The molecule has 98 valence electrons. The number of carbonyl (C=O) groups excluding carboxylic acids is 1. The Morgan fingerprint density at radius 2 is 2.00 bits per heavy atom. The van der Waals surface area contributed by atoms with E-state index in [0.717, 1.165) is 31.2 Å². The van der Waals surface area contributed by atoms with E-state index in [-0.39, 0.29) is 5.91 Å². The first kappa shape index (κ1) is 13.4. The van der Waals surface area contributed by atoms with Crippen molar-refractivity contribution in [1.29, 1.82) is 0 Å². The number of hydrogen-bond acceptors (Lipinski definition) is 2. The van der Waals surface area contributed by atoms with Gasteiger partial charge in [-0.1, -0.05) is 17.7 Å². The number of aryl methyl sites for hydroxylation is 1. The van der Waals surface area contributed by atoms with Crippen LogP contribution in [-0.4, -0.2) is 42.4 Å². The quantitative estimate of drug-likeness (QED) is 0.820. The Labute approximate surface area is 113 Å². The van der Waals surface area contributed by atoms with Crippen molar-refractivity contribution in [2.75, 3.05) is 26.7 Å². The minimum atomic E-state index is 0.236. The molecule has 1 saturated heterocycles. The summed E-state index contributed by atoms with van der Waals surface area (Å²) in [5, 5.41) is 0.785. The van der Waals surface area contributed by atoms with E-state index in [9.17, 15) is 4.79 Å². The van der Waals surface area contributed by atoms with Gasteiger partial charge in [-0.25, -0.2) is 0 Å². The van der Waals surface area contributed by atoms with E-state index in [1.165, 1.54) is 11.1 Å². The molecule has 2 rings (SSSR count). The average Bonchev–Trinajstić information content (AvgIpc) is 2.43. The number of amides is 1. The molecule has 18 heavy (non-hydrogen) atoms. The molecule has 1 aromatic carbocycles. The Balaban J connectivity index is 2.02. The Morgan fingerprint density at radius 3 is 2.72 bits per heavy atom. The Morgan fingerprint density at radius 1 is 1.22 bits per heavy atom. The lowest BCUT2D eigenvalue weighted by Crippen LogP contribution is -2.29. The van der Waals surface area contributed by atoms with Crippen molar-refractivity contribution in [2.45, 2.75) is 19.9 Å². The van der Waals surface area contributed by atoms with Crippen LogP contribution in [0.15, 0.2) is 18.2 Å². The fourth-order valence-corrected chi connectivity index (χ4v) is 2.60. The lowest BCUT2D eigenvalue weighted by Gasteiger charge is -2.20. The molecule has 0 unspecified atom stereocenters. The minimum absolute atomic E-state index is 0.236. The highest BCUT2D eigenvalue weighted by Gasteiger charge is 2.17. The second kappa shape index (κ2) is 5.72. The standard InChI is InChI=1S/C14H19ClN2O/c1-11-7-12(9-13(15)8-11)10-17-4-3-14(18)16(2)5-6-17/h7-9H,3-6,10H2,1-2H3. The number of likely N-dealkylation sites (N-methyl/N-ethyl adjacent to an activating group) is 1. The predicted octanol–water partition coefficient (Wildman–Crippen LogP) is 2.31. The maximum Gasteiger partial charge on any atom is 0.223 e. The second-order valence-electron chi connectivity index (χ2n) is 4.98. The van der Waals surface area contributed by atoms with Gasteiger partial charge >= 0.3 is 0 Å². The van der Waals surface area contributed by atoms with Crippen molar-refractivity contribution in [3.8, 4) is 0 Å². The first-order valence-electron chi connectivity index (χ1n) is 6.27. The van der Waals surface area contributed by atoms with Crippen molar-refractivity contribution in [3.63, 3.8) is 0 Å². The molecule has 0 atom stereocenters. The molecule has 3 nitrogen and oxygen atoms in total. The van der Waals surface area contributed by atoms with Crippen LogP contribution in [0.5, 0.6) is 0 Å². The number of benzene rings is 1. The topological polar surface area (TPSA) is 23.6 Å². The molecule has 1 fully saturated rings. The molecule has 1 aromatic rings. The van der Waals surface area contributed by atoms with Gasteiger partial charge in [0, 0.05) is 44.7 Å². The van der Waals surface area contributed by atoms with Gasteiger partial charge in [0.15, 0.2) is 0 Å². The molecule has 1 aliphatic rings. The minimum Gasteiger partial charge on any atom is -0.344 e. The summed E-state index contributed by atoms with van der Waals surface area (Å²) < 4.78 is 0. The molecule has 1 aliphatic heterocycles. The van der Waals surface area contributed by atoms with Crippen molar-refractivity contribution >= 4 is 17.5 Å². The van der Waals surface area contributed by atoms with Gasteiger partial charge < -0.3 is 4.90 Å². The average molecular weight is 267 g/mol. The fraction of sp³-hybridized carbons (Fsp3) is 0.500. The van der Waals surface area contributed by atoms with Crippen LogP contribution in [0.25, 0.3) is 0 Å². The number of hydrogen-bond donors (Lipinski definition) is 0. The highest BCUT2D eigenvalue weighted by atomic mass is 35.5. The van der Waals surface area contributed by atoms with Crippen molar-refractivity contribution in [3.05, 3.63) is 34.3 Å². The van der Waals surface area contributed by atoms with Crippen molar-refractivity contribution in [2.24, 2.45) is 0 Å². The van der Waals surface area contributed by atoms with E-state index in [1.54, 1.807) is 0 Å². The number of halogens is 1. The number of nitrogens with zero attached hydrogens (tertiary/aromatic N) is 2. The first-order valence-corrected chi connectivity index (χ1v) is 6.65. The number of carbonyl (C=O) groups is 1. The third-order valence-electron chi connectivity index (χ3n) is 3.33. The monoisotopic (exact) mass is 266 g/mol. The van der Waals surface area contributed by atoms with Gasteiger partial charge in [0.05, 0.1) is 0 Å². The maximum absolute atomic E-state index is 11.6. The predicted molar refractivity (Wildman–Crippen MR) is 73.7 cm³/mol. The van der Waals surface area contributed by atoms with Crippen LogP contribution < -0.4 is 0 Å². The van der Waals surface area contributed by atoms with E-state index in [1.807, 2.05) is 24.1 Å². The highest BCUT2D eigenvalue weighted by molar-refractivity contribution is 6.30. The van der Waals surface area contributed by atoms with E-state index >= 15 is 0 Å². The van der Waals surface area contributed by atoms with Crippen molar-refractivity contribution < 1.29 is 4.79 Å². The molecule has 0 bridgehead atoms. The largest absolute Gasteiger partial charge is 0.344 e.